The molecule has 2 atom stereocenters. The predicted molar refractivity (Wildman–Crippen MR) is 70.9 cm³/mol. The Labute approximate surface area is 105 Å². The fourth-order valence-corrected chi connectivity index (χ4v) is 2.92. The fourth-order valence-electron chi connectivity index (χ4n) is 2.92. The first-order chi connectivity index (χ1) is 8.40. The van der Waals surface area contributed by atoms with Gasteiger partial charge in [0, 0.05) is 25.0 Å². The maximum Gasteiger partial charge on any atom is 0.0945 e. The van der Waals surface area contributed by atoms with Crippen molar-refractivity contribution in [2.24, 2.45) is 5.92 Å². The van der Waals surface area contributed by atoms with Gasteiger partial charge in [0.05, 0.1) is 6.33 Å². The molecule has 0 radical (unpaired) electrons. The third-order valence-corrected chi connectivity index (χ3v) is 3.99. The van der Waals surface area contributed by atoms with Crippen LogP contribution in [0, 0.1) is 5.92 Å². The van der Waals surface area contributed by atoms with Crippen LogP contribution in [-0.2, 0) is 6.54 Å². The van der Waals surface area contributed by atoms with Gasteiger partial charge in [-0.3, -0.25) is 0 Å². The summed E-state index contributed by atoms with van der Waals surface area (Å²) in [7, 11) is 0. The average molecular weight is 235 g/mol. The molecule has 2 unspecified atom stereocenters. The van der Waals surface area contributed by atoms with Crippen molar-refractivity contribution in [3.63, 3.8) is 0 Å². The third kappa shape index (κ3) is 3.84. The first-order valence-electron chi connectivity index (χ1n) is 7.09. The highest BCUT2D eigenvalue weighted by molar-refractivity contribution is 4.82. The van der Waals surface area contributed by atoms with Crippen LogP contribution in [0.15, 0.2) is 18.7 Å². The molecule has 0 aromatic carbocycles. The molecule has 0 bridgehead atoms. The molecule has 1 aliphatic carbocycles. The summed E-state index contributed by atoms with van der Waals surface area (Å²) in [6, 6.07) is 0.799. The van der Waals surface area contributed by atoms with Crippen LogP contribution in [0.5, 0.6) is 0 Å². The van der Waals surface area contributed by atoms with Gasteiger partial charge in [-0.15, -0.1) is 0 Å². The molecule has 0 amide bonds. The smallest absolute Gasteiger partial charge is 0.0945 e. The second kappa shape index (κ2) is 6.80. The van der Waals surface area contributed by atoms with Crippen molar-refractivity contribution in [2.45, 2.75) is 58.0 Å². The summed E-state index contributed by atoms with van der Waals surface area (Å²) in [5.74, 6) is 0.934. The number of aromatic nitrogens is 2. The molecule has 1 aliphatic rings. The van der Waals surface area contributed by atoms with E-state index in [0.717, 1.165) is 18.5 Å². The minimum atomic E-state index is 0.799. The largest absolute Gasteiger partial charge is 0.337 e. The van der Waals surface area contributed by atoms with Gasteiger partial charge in [-0.2, -0.15) is 0 Å². The van der Waals surface area contributed by atoms with E-state index in [2.05, 4.69) is 21.8 Å². The number of hydrogen-bond acceptors (Lipinski definition) is 2. The topological polar surface area (TPSA) is 29.9 Å². The SMILES string of the molecule is CCC1CCCC1NCCCCn1ccnc1. The van der Waals surface area contributed by atoms with Gasteiger partial charge in [0.2, 0.25) is 0 Å². The maximum absolute atomic E-state index is 4.05. The van der Waals surface area contributed by atoms with E-state index in [-0.39, 0.29) is 0 Å². The standard InChI is InChI=1S/C14H25N3/c1-2-13-6-5-7-14(13)16-8-3-4-10-17-11-9-15-12-17/h9,11-14,16H,2-8,10H2,1H3. The van der Waals surface area contributed by atoms with Gasteiger partial charge in [0.15, 0.2) is 0 Å². The first-order valence-corrected chi connectivity index (χ1v) is 7.09. The van der Waals surface area contributed by atoms with E-state index in [0.29, 0.717) is 0 Å². The van der Waals surface area contributed by atoms with Crippen LogP contribution in [0.2, 0.25) is 0 Å². The summed E-state index contributed by atoms with van der Waals surface area (Å²) in [5.41, 5.74) is 0. The molecule has 1 fully saturated rings. The quantitative estimate of drug-likeness (QED) is 0.737. The molecular formula is C14H25N3. The lowest BCUT2D eigenvalue weighted by Gasteiger charge is -2.19. The lowest BCUT2D eigenvalue weighted by molar-refractivity contribution is 0.385. The summed E-state index contributed by atoms with van der Waals surface area (Å²) < 4.78 is 2.16. The Balaban J connectivity index is 1.54. The lowest BCUT2D eigenvalue weighted by atomic mass is 10.0. The van der Waals surface area contributed by atoms with Gasteiger partial charge in [0.1, 0.15) is 0 Å². The Hall–Kier alpha value is -0.830. The first kappa shape index (κ1) is 12.6. The molecule has 0 saturated heterocycles. The Kier molecular flexibility index (Phi) is 5.05. The monoisotopic (exact) mass is 235 g/mol. The summed E-state index contributed by atoms with van der Waals surface area (Å²) in [4.78, 5) is 4.05. The summed E-state index contributed by atoms with van der Waals surface area (Å²) in [6.45, 7) is 4.60. The number of imidazole rings is 1. The van der Waals surface area contributed by atoms with Gasteiger partial charge in [-0.25, -0.2) is 4.98 Å². The third-order valence-electron chi connectivity index (χ3n) is 3.99. The minimum Gasteiger partial charge on any atom is -0.337 e. The van der Waals surface area contributed by atoms with Crippen LogP contribution in [0.3, 0.4) is 0 Å². The van der Waals surface area contributed by atoms with E-state index in [4.69, 9.17) is 0 Å². The molecule has 1 N–H and O–H groups in total. The Bertz CT molecular complexity index is 294. The van der Waals surface area contributed by atoms with Gasteiger partial charge < -0.3 is 9.88 Å². The zero-order valence-corrected chi connectivity index (χ0v) is 10.9. The van der Waals surface area contributed by atoms with Gasteiger partial charge in [-0.05, 0) is 38.1 Å². The second-order valence-electron chi connectivity index (χ2n) is 5.17. The number of unbranched alkanes of at least 4 members (excludes halogenated alkanes) is 1. The molecule has 96 valence electrons. The molecule has 1 aromatic rings. The molecule has 3 nitrogen and oxygen atoms in total. The molecule has 1 aromatic heterocycles. The van der Waals surface area contributed by atoms with Gasteiger partial charge >= 0.3 is 0 Å². The number of nitrogens with one attached hydrogen (secondary N) is 1. The molecule has 2 rings (SSSR count). The zero-order valence-electron chi connectivity index (χ0n) is 10.9. The van der Waals surface area contributed by atoms with Crippen molar-refractivity contribution in [1.82, 2.24) is 14.9 Å². The van der Waals surface area contributed by atoms with Crippen LogP contribution in [0.1, 0.15) is 45.4 Å². The van der Waals surface area contributed by atoms with Crippen LogP contribution in [0.25, 0.3) is 0 Å². The highest BCUT2D eigenvalue weighted by atomic mass is 15.0. The van der Waals surface area contributed by atoms with E-state index < -0.39 is 0 Å². The van der Waals surface area contributed by atoms with Gasteiger partial charge in [-0.1, -0.05) is 19.8 Å². The van der Waals surface area contributed by atoms with Crippen LogP contribution >= 0.6 is 0 Å². The molecule has 17 heavy (non-hydrogen) atoms. The lowest BCUT2D eigenvalue weighted by Crippen LogP contribution is -2.32. The van der Waals surface area contributed by atoms with Crippen molar-refractivity contribution in [1.29, 1.82) is 0 Å². The van der Waals surface area contributed by atoms with E-state index in [1.807, 2.05) is 18.7 Å². The Morgan fingerprint density at radius 3 is 3.06 bits per heavy atom. The molecule has 3 heteroatoms. The average Bonchev–Trinajstić information content (AvgIpc) is 2.98. The minimum absolute atomic E-state index is 0.799. The predicted octanol–water partition coefficient (Wildman–Crippen LogP) is 2.83. The van der Waals surface area contributed by atoms with Crippen LogP contribution in [-0.4, -0.2) is 22.1 Å². The Morgan fingerprint density at radius 2 is 2.29 bits per heavy atom. The molecule has 0 aliphatic heterocycles. The molecule has 1 heterocycles. The number of aryl methyl sites for hydroxylation is 1. The maximum atomic E-state index is 4.05. The van der Waals surface area contributed by atoms with Crippen LogP contribution < -0.4 is 5.32 Å². The van der Waals surface area contributed by atoms with Crippen molar-refractivity contribution in [2.75, 3.05) is 6.54 Å². The molecule has 0 spiro atoms. The van der Waals surface area contributed by atoms with Crippen molar-refractivity contribution in [3.05, 3.63) is 18.7 Å². The number of rotatable bonds is 7. The van der Waals surface area contributed by atoms with E-state index in [1.165, 1.54) is 45.1 Å². The second-order valence-corrected chi connectivity index (χ2v) is 5.17. The van der Waals surface area contributed by atoms with E-state index in [1.54, 1.807) is 0 Å². The molecular weight excluding hydrogens is 210 g/mol. The van der Waals surface area contributed by atoms with Gasteiger partial charge in [0.25, 0.3) is 0 Å². The Morgan fingerprint density at radius 1 is 1.35 bits per heavy atom. The highest BCUT2D eigenvalue weighted by Gasteiger charge is 2.24. The van der Waals surface area contributed by atoms with Crippen LogP contribution in [0.4, 0.5) is 0 Å². The normalized spacial score (nSPS) is 24.3. The zero-order chi connectivity index (χ0) is 11.9. The van der Waals surface area contributed by atoms with E-state index in [9.17, 15) is 0 Å². The summed E-state index contributed by atoms with van der Waals surface area (Å²) >= 11 is 0. The number of nitrogens with zero attached hydrogens (tertiary/aromatic N) is 2. The van der Waals surface area contributed by atoms with Crippen molar-refractivity contribution in [3.8, 4) is 0 Å². The van der Waals surface area contributed by atoms with Crippen molar-refractivity contribution >= 4 is 0 Å². The van der Waals surface area contributed by atoms with E-state index >= 15 is 0 Å². The summed E-state index contributed by atoms with van der Waals surface area (Å²) in [5, 5.41) is 3.74. The fraction of sp³-hybridized carbons (Fsp3) is 0.786. The molecule has 1 saturated carbocycles. The highest BCUT2D eigenvalue weighted by Crippen LogP contribution is 2.27. The van der Waals surface area contributed by atoms with Crippen molar-refractivity contribution < 1.29 is 0 Å². The number of hydrogen-bond donors (Lipinski definition) is 1. The summed E-state index contributed by atoms with van der Waals surface area (Å²) in [6.07, 6.45) is 13.9.